The molecule has 0 unspecified atom stereocenters. The third kappa shape index (κ3) is 4.57. The highest BCUT2D eigenvalue weighted by molar-refractivity contribution is 8.14. The van der Waals surface area contributed by atoms with Gasteiger partial charge in [-0.2, -0.15) is 0 Å². The molecule has 16 heavy (non-hydrogen) atoms. The molecule has 0 saturated carbocycles. The Labute approximate surface area is 101 Å². The number of thioether (sulfide) groups is 1. The van der Waals surface area contributed by atoms with Gasteiger partial charge in [0.05, 0.1) is 0 Å². The Kier molecular flexibility index (Phi) is 5.19. The van der Waals surface area contributed by atoms with Crippen LogP contribution in [0, 0.1) is 0 Å². The third-order valence-electron chi connectivity index (χ3n) is 1.77. The minimum atomic E-state index is 0.274. The molecule has 88 valence electrons. The topological polar surface area (TPSA) is 44.6 Å². The molecule has 0 radical (unpaired) electrons. The summed E-state index contributed by atoms with van der Waals surface area (Å²) in [6.45, 7) is 7.04. The molecule has 0 fully saturated rings. The van der Waals surface area contributed by atoms with Gasteiger partial charge in [-0.05, 0) is 31.2 Å². The normalized spacial score (nSPS) is 11.9. The molecule has 0 aromatic heterocycles. The molecule has 0 bridgehead atoms. The highest BCUT2D eigenvalue weighted by Crippen LogP contribution is 2.18. The van der Waals surface area contributed by atoms with Crippen LogP contribution in [-0.2, 0) is 0 Å². The minimum Gasteiger partial charge on any atom is -0.508 e. The van der Waals surface area contributed by atoms with Crippen LogP contribution in [0.15, 0.2) is 29.3 Å². The van der Waals surface area contributed by atoms with Crippen LogP contribution in [0.4, 0.5) is 5.69 Å². The standard InChI is InChI=1S/C12H18N2OS/c1-4-13-12(16-9(2)3)14-10-5-7-11(15)8-6-10/h5-9,15H,4H2,1-3H3,(H,13,14). The Balaban J connectivity index is 2.68. The maximum Gasteiger partial charge on any atom is 0.161 e. The van der Waals surface area contributed by atoms with Crippen LogP contribution in [-0.4, -0.2) is 22.1 Å². The molecular formula is C12H18N2OS. The summed E-state index contributed by atoms with van der Waals surface area (Å²) in [5.41, 5.74) is 0.943. The number of phenols is 1. The Morgan fingerprint density at radius 2 is 2.00 bits per heavy atom. The average Bonchev–Trinajstić information content (AvgIpc) is 2.21. The molecule has 1 rings (SSSR count). The molecule has 0 spiro atoms. The van der Waals surface area contributed by atoms with E-state index in [0.29, 0.717) is 5.25 Å². The van der Waals surface area contributed by atoms with Crippen molar-refractivity contribution in [2.75, 3.05) is 11.9 Å². The lowest BCUT2D eigenvalue weighted by Gasteiger charge is -2.11. The van der Waals surface area contributed by atoms with Crippen molar-refractivity contribution in [3.63, 3.8) is 0 Å². The first kappa shape index (κ1) is 12.9. The van der Waals surface area contributed by atoms with E-state index in [0.717, 1.165) is 17.4 Å². The van der Waals surface area contributed by atoms with Gasteiger partial charge in [-0.25, -0.2) is 0 Å². The monoisotopic (exact) mass is 238 g/mol. The number of rotatable bonds is 3. The molecule has 3 nitrogen and oxygen atoms in total. The number of anilines is 1. The number of hydrogen-bond donors (Lipinski definition) is 2. The van der Waals surface area contributed by atoms with Crippen molar-refractivity contribution < 1.29 is 5.11 Å². The van der Waals surface area contributed by atoms with Crippen LogP contribution in [0.3, 0.4) is 0 Å². The van der Waals surface area contributed by atoms with Crippen molar-refractivity contribution in [2.45, 2.75) is 26.0 Å². The summed E-state index contributed by atoms with van der Waals surface area (Å²) in [6.07, 6.45) is 0. The van der Waals surface area contributed by atoms with E-state index < -0.39 is 0 Å². The summed E-state index contributed by atoms with van der Waals surface area (Å²) in [4.78, 5) is 4.39. The predicted molar refractivity (Wildman–Crippen MR) is 72.4 cm³/mol. The predicted octanol–water partition coefficient (Wildman–Crippen LogP) is 3.32. The van der Waals surface area contributed by atoms with E-state index in [-0.39, 0.29) is 5.75 Å². The maximum absolute atomic E-state index is 9.18. The number of aliphatic imine (C=N–C) groups is 1. The van der Waals surface area contributed by atoms with Gasteiger partial charge >= 0.3 is 0 Å². The van der Waals surface area contributed by atoms with E-state index in [2.05, 4.69) is 24.2 Å². The van der Waals surface area contributed by atoms with Gasteiger partial charge in [0.15, 0.2) is 5.17 Å². The first-order valence-electron chi connectivity index (χ1n) is 5.39. The molecular weight excluding hydrogens is 220 g/mol. The molecule has 4 heteroatoms. The van der Waals surface area contributed by atoms with Crippen molar-refractivity contribution >= 4 is 22.6 Å². The van der Waals surface area contributed by atoms with Crippen LogP contribution < -0.4 is 5.32 Å². The molecule has 0 amide bonds. The van der Waals surface area contributed by atoms with Crippen LogP contribution in [0.1, 0.15) is 20.8 Å². The van der Waals surface area contributed by atoms with E-state index in [9.17, 15) is 5.11 Å². The Bertz CT molecular complexity index is 347. The summed E-state index contributed by atoms with van der Waals surface area (Å²) in [5, 5.41) is 13.8. The highest BCUT2D eigenvalue weighted by Gasteiger charge is 2.03. The van der Waals surface area contributed by atoms with Gasteiger partial charge in [-0.3, -0.25) is 4.99 Å². The van der Waals surface area contributed by atoms with Gasteiger partial charge in [-0.1, -0.05) is 25.6 Å². The first-order valence-corrected chi connectivity index (χ1v) is 6.27. The lowest BCUT2D eigenvalue weighted by atomic mass is 10.3. The zero-order valence-electron chi connectivity index (χ0n) is 9.90. The van der Waals surface area contributed by atoms with Crippen LogP contribution in [0.2, 0.25) is 0 Å². The van der Waals surface area contributed by atoms with Gasteiger partial charge in [0.1, 0.15) is 5.75 Å². The van der Waals surface area contributed by atoms with Gasteiger partial charge in [0.25, 0.3) is 0 Å². The van der Waals surface area contributed by atoms with Gasteiger partial charge in [0, 0.05) is 17.5 Å². The fraction of sp³-hybridized carbons (Fsp3) is 0.417. The van der Waals surface area contributed by atoms with Gasteiger partial charge in [-0.15, -0.1) is 0 Å². The molecule has 0 aliphatic heterocycles. The lowest BCUT2D eigenvalue weighted by Crippen LogP contribution is -2.11. The Morgan fingerprint density at radius 3 is 2.50 bits per heavy atom. The summed E-state index contributed by atoms with van der Waals surface area (Å²) < 4.78 is 0. The van der Waals surface area contributed by atoms with Crippen LogP contribution in [0.25, 0.3) is 0 Å². The smallest absolute Gasteiger partial charge is 0.161 e. The molecule has 2 N–H and O–H groups in total. The number of phenolic OH excluding ortho intramolecular Hbond substituents is 1. The number of nitrogens with zero attached hydrogens (tertiary/aromatic N) is 1. The second kappa shape index (κ2) is 6.43. The molecule has 0 aliphatic rings. The van der Waals surface area contributed by atoms with Crippen molar-refractivity contribution in [2.24, 2.45) is 4.99 Å². The number of amidine groups is 1. The highest BCUT2D eigenvalue weighted by atomic mass is 32.2. The van der Waals surface area contributed by atoms with E-state index in [1.165, 1.54) is 0 Å². The number of benzene rings is 1. The van der Waals surface area contributed by atoms with Crippen LogP contribution >= 0.6 is 11.8 Å². The van der Waals surface area contributed by atoms with Crippen molar-refractivity contribution in [1.82, 2.24) is 0 Å². The third-order valence-corrected chi connectivity index (χ3v) is 2.69. The molecule has 1 aromatic carbocycles. The van der Waals surface area contributed by atoms with Crippen molar-refractivity contribution in [1.29, 1.82) is 0 Å². The second-order valence-electron chi connectivity index (χ2n) is 3.62. The first-order chi connectivity index (χ1) is 7.61. The van der Waals surface area contributed by atoms with E-state index in [1.807, 2.05) is 19.1 Å². The van der Waals surface area contributed by atoms with Crippen LogP contribution in [0.5, 0.6) is 5.75 Å². The molecule has 1 aromatic rings. The summed E-state index contributed by atoms with van der Waals surface area (Å²) in [5.74, 6) is 0.274. The molecule has 0 aliphatic carbocycles. The Hall–Kier alpha value is -1.16. The average molecular weight is 238 g/mol. The lowest BCUT2D eigenvalue weighted by molar-refractivity contribution is 0.475. The SMILES string of the molecule is CCN=C(Nc1ccc(O)cc1)SC(C)C. The zero-order chi connectivity index (χ0) is 12.0. The van der Waals surface area contributed by atoms with Gasteiger partial charge in [0.2, 0.25) is 0 Å². The Morgan fingerprint density at radius 1 is 1.38 bits per heavy atom. The second-order valence-corrected chi connectivity index (χ2v) is 5.18. The quantitative estimate of drug-likeness (QED) is 0.482. The fourth-order valence-electron chi connectivity index (χ4n) is 1.14. The van der Waals surface area contributed by atoms with E-state index in [1.54, 1.807) is 23.9 Å². The largest absolute Gasteiger partial charge is 0.508 e. The van der Waals surface area contributed by atoms with E-state index >= 15 is 0 Å². The minimum absolute atomic E-state index is 0.274. The zero-order valence-corrected chi connectivity index (χ0v) is 10.7. The van der Waals surface area contributed by atoms with Crippen molar-refractivity contribution in [3.8, 4) is 5.75 Å². The number of nitrogens with one attached hydrogen (secondary N) is 1. The maximum atomic E-state index is 9.18. The molecule has 0 saturated heterocycles. The number of hydrogen-bond acceptors (Lipinski definition) is 3. The summed E-state index contributed by atoms with van der Waals surface area (Å²) >= 11 is 1.70. The molecule has 0 heterocycles. The number of aromatic hydroxyl groups is 1. The summed E-state index contributed by atoms with van der Waals surface area (Å²) in [6, 6.07) is 6.99. The van der Waals surface area contributed by atoms with Crippen molar-refractivity contribution in [3.05, 3.63) is 24.3 Å². The fourth-order valence-corrected chi connectivity index (χ4v) is 1.97. The van der Waals surface area contributed by atoms with Gasteiger partial charge < -0.3 is 10.4 Å². The summed E-state index contributed by atoms with van der Waals surface area (Å²) in [7, 11) is 0. The molecule has 0 atom stereocenters. The van der Waals surface area contributed by atoms with E-state index in [4.69, 9.17) is 0 Å².